The SMILES string of the molecule is Cc1ccc(NC(C)(C)C(=O)NCc2ccccc2-n2ccnc2)cc1. The second-order valence-electron chi connectivity index (χ2n) is 6.90. The molecule has 0 fully saturated rings. The number of amides is 1. The van der Waals surface area contributed by atoms with E-state index >= 15 is 0 Å². The van der Waals surface area contributed by atoms with Crippen LogP contribution in [0.3, 0.4) is 0 Å². The third-order valence-corrected chi connectivity index (χ3v) is 4.29. The number of para-hydroxylation sites is 1. The second kappa shape index (κ2) is 7.44. The summed E-state index contributed by atoms with van der Waals surface area (Å²) < 4.78 is 1.94. The number of nitrogens with zero attached hydrogens (tertiary/aromatic N) is 2. The van der Waals surface area contributed by atoms with E-state index in [1.807, 2.05) is 80.1 Å². The molecule has 0 bridgehead atoms. The van der Waals surface area contributed by atoms with Crippen LogP contribution in [0, 0.1) is 6.92 Å². The third-order valence-electron chi connectivity index (χ3n) is 4.29. The summed E-state index contributed by atoms with van der Waals surface area (Å²) >= 11 is 0. The molecule has 3 rings (SSSR count). The predicted molar refractivity (Wildman–Crippen MR) is 104 cm³/mol. The first-order valence-electron chi connectivity index (χ1n) is 8.65. The molecule has 1 aromatic heterocycles. The van der Waals surface area contributed by atoms with Crippen molar-refractivity contribution in [3.63, 3.8) is 0 Å². The normalized spacial score (nSPS) is 11.2. The van der Waals surface area contributed by atoms with Crippen LogP contribution in [0.5, 0.6) is 0 Å². The summed E-state index contributed by atoms with van der Waals surface area (Å²) in [6.07, 6.45) is 5.39. The number of aryl methyl sites for hydroxylation is 1. The lowest BCUT2D eigenvalue weighted by molar-refractivity contribution is -0.124. The van der Waals surface area contributed by atoms with Crippen LogP contribution in [0.1, 0.15) is 25.0 Å². The van der Waals surface area contributed by atoms with E-state index in [1.54, 1.807) is 12.5 Å². The highest BCUT2D eigenvalue weighted by atomic mass is 16.2. The smallest absolute Gasteiger partial charge is 0.245 e. The number of hydrogen-bond acceptors (Lipinski definition) is 3. The van der Waals surface area contributed by atoms with Gasteiger partial charge in [0, 0.05) is 24.6 Å². The molecule has 0 aliphatic carbocycles. The fourth-order valence-electron chi connectivity index (χ4n) is 2.76. The summed E-state index contributed by atoms with van der Waals surface area (Å²) in [4.78, 5) is 16.8. The first-order chi connectivity index (χ1) is 12.5. The van der Waals surface area contributed by atoms with Crippen LogP contribution in [-0.2, 0) is 11.3 Å². The largest absolute Gasteiger partial charge is 0.372 e. The zero-order chi connectivity index (χ0) is 18.6. The predicted octanol–water partition coefficient (Wildman–Crippen LogP) is 3.69. The summed E-state index contributed by atoms with van der Waals surface area (Å²) in [5.41, 5.74) is 3.43. The van der Waals surface area contributed by atoms with E-state index in [0.717, 1.165) is 16.9 Å². The highest BCUT2D eigenvalue weighted by Gasteiger charge is 2.27. The van der Waals surface area contributed by atoms with Crippen LogP contribution in [0.25, 0.3) is 5.69 Å². The van der Waals surface area contributed by atoms with Crippen LogP contribution in [0.15, 0.2) is 67.3 Å². The maximum absolute atomic E-state index is 12.7. The summed E-state index contributed by atoms with van der Waals surface area (Å²) in [6.45, 7) is 6.25. The van der Waals surface area contributed by atoms with Crippen LogP contribution in [-0.4, -0.2) is 21.0 Å². The lowest BCUT2D eigenvalue weighted by Gasteiger charge is -2.26. The maximum Gasteiger partial charge on any atom is 0.245 e. The van der Waals surface area contributed by atoms with Crippen molar-refractivity contribution >= 4 is 11.6 Å². The van der Waals surface area contributed by atoms with Gasteiger partial charge in [-0.25, -0.2) is 4.98 Å². The molecule has 0 atom stereocenters. The molecule has 0 aliphatic heterocycles. The average Bonchev–Trinajstić information content (AvgIpc) is 3.16. The second-order valence-corrected chi connectivity index (χ2v) is 6.90. The van der Waals surface area contributed by atoms with E-state index in [-0.39, 0.29) is 5.91 Å². The molecular weight excluding hydrogens is 324 g/mol. The van der Waals surface area contributed by atoms with Crippen molar-refractivity contribution in [2.24, 2.45) is 0 Å². The molecule has 0 saturated carbocycles. The van der Waals surface area contributed by atoms with Gasteiger partial charge >= 0.3 is 0 Å². The summed E-state index contributed by atoms with van der Waals surface area (Å²) in [5.74, 6) is -0.0569. The summed E-state index contributed by atoms with van der Waals surface area (Å²) in [6, 6.07) is 16.0. The van der Waals surface area contributed by atoms with E-state index in [9.17, 15) is 4.79 Å². The van der Waals surface area contributed by atoms with Gasteiger partial charge in [0.2, 0.25) is 5.91 Å². The number of carbonyl (C=O) groups excluding carboxylic acids is 1. The third kappa shape index (κ3) is 4.11. The highest BCUT2D eigenvalue weighted by molar-refractivity contribution is 5.88. The minimum atomic E-state index is -0.723. The Morgan fingerprint density at radius 3 is 2.54 bits per heavy atom. The Morgan fingerprint density at radius 1 is 1.12 bits per heavy atom. The van der Waals surface area contributed by atoms with Gasteiger partial charge < -0.3 is 15.2 Å². The van der Waals surface area contributed by atoms with Crippen molar-refractivity contribution < 1.29 is 4.79 Å². The Hall–Kier alpha value is -3.08. The van der Waals surface area contributed by atoms with Gasteiger partial charge in [0.25, 0.3) is 0 Å². The number of rotatable bonds is 6. The van der Waals surface area contributed by atoms with Crippen LogP contribution in [0.4, 0.5) is 5.69 Å². The van der Waals surface area contributed by atoms with Crippen molar-refractivity contribution in [2.45, 2.75) is 32.9 Å². The zero-order valence-corrected chi connectivity index (χ0v) is 15.4. The molecule has 0 spiro atoms. The topological polar surface area (TPSA) is 59.0 Å². The highest BCUT2D eigenvalue weighted by Crippen LogP contribution is 2.17. The monoisotopic (exact) mass is 348 g/mol. The van der Waals surface area contributed by atoms with E-state index in [0.29, 0.717) is 6.54 Å². The number of carbonyl (C=O) groups is 1. The molecule has 26 heavy (non-hydrogen) atoms. The maximum atomic E-state index is 12.7. The van der Waals surface area contributed by atoms with Crippen LogP contribution >= 0.6 is 0 Å². The molecule has 134 valence electrons. The molecule has 5 heteroatoms. The molecule has 1 amide bonds. The molecule has 3 aromatic rings. The van der Waals surface area contributed by atoms with Gasteiger partial charge in [-0.2, -0.15) is 0 Å². The molecular formula is C21H24N4O. The van der Waals surface area contributed by atoms with E-state index in [4.69, 9.17) is 0 Å². The van der Waals surface area contributed by atoms with E-state index in [1.165, 1.54) is 5.56 Å². The fraction of sp³-hybridized carbons (Fsp3) is 0.238. The van der Waals surface area contributed by atoms with Gasteiger partial charge in [-0.1, -0.05) is 35.9 Å². The van der Waals surface area contributed by atoms with E-state index in [2.05, 4.69) is 15.6 Å². The van der Waals surface area contributed by atoms with Gasteiger partial charge in [-0.05, 0) is 44.5 Å². The Bertz CT molecular complexity index is 867. The van der Waals surface area contributed by atoms with Gasteiger partial charge in [-0.3, -0.25) is 4.79 Å². The molecule has 2 aromatic carbocycles. The van der Waals surface area contributed by atoms with Crippen molar-refractivity contribution in [2.75, 3.05) is 5.32 Å². The quantitative estimate of drug-likeness (QED) is 0.714. The molecule has 0 aliphatic rings. The fourth-order valence-corrected chi connectivity index (χ4v) is 2.76. The first kappa shape index (κ1) is 17.7. The molecule has 5 nitrogen and oxygen atoms in total. The Kier molecular flexibility index (Phi) is 5.07. The van der Waals surface area contributed by atoms with Crippen molar-refractivity contribution in [3.05, 3.63) is 78.4 Å². The molecule has 0 unspecified atom stereocenters. The van der Waals surface area contributed by atoms with Gasteiger partial charge in [0.15, 0.2) is 0 Å². The summed E-state index contributed by atoms with van der Waals surface area (Å²) in [5, 5.41) is 6.33. The number of benzene rings is 2. The zero-order valence-electron chi connectivity index (χ0n) is 15.4. The first-order valence-corrected chi connectivity index (χ1v) is 8.65. The number of anilines is 1. The van der Waals surface area contributed by atoms with Crippen molar-refractivity contribution in [3.8, 4) is 5.69 Å². The Morgan fingerprint density at radius 2 is 1.85 bits per heavy atom. The lowest BCUT2D eigenvalue weighted by atomic mass is 10.0. The standard InChI is InChI=1S/C21H24N4O/c1-16-8-10-18(11-9-16)24-21(2,3)20(26)23-14-17-6-4-5-7-19(17)25-13-12-22-15-25/h4-13,15,24H,14H2,1-3H3,(H,23,26). The lowest BCUT2D eigenvalue weighted by Crippen LogP contribution is -2.47. The average molecular weight is 348 g/mol. The molecule has 2 N–H and O–H groups in total. The van der Waals surface area contributed by atoms with Gasteiger partial charge in [-0.15, -0.1) is 0 Å². The number of hydrogen-bond donors (Lipinski definition) is 2. The number of aromatic nitrogens is 2. The minimum Gasteiger partial charge on any atom is -0.372 e. The van der Waals surface area contributed by atoms with Crippen LogP contribution < -0.4 is 10.6 Å². The molecule has 0 saturated heterocycles. The molecule has 0 radical (unpaired) electrons. The number of nitrogens with one attached hydrogen (secondary N) is 2. The Balaban J connectivity index is 1.68. The van der Waals surface area contributed by atoms with Gasteiger partial charge in [0.1, 0.15) is 5.54 Å². The van der Waals surface area contributed by atoms with Crippen molar-refractivity contribution in [1.82, 2.24) is 14.9 Å². The minimum absolute atomic E-state index is 0.0569. The number of imidazole rings is 1. The summed E-state index contributed by atoms with van der Waals surface area (Å²) in [7, 11) is 0. The van der Waals surface area contributed by atoms with Crippen LogP contribution in [0.2, 0.25) is 0 Å². The van der Waals surface area contributed by atoms with Crippen molar-refractivity contribution in [1.29, 1.82) is 0 Å². The Labute approximate surface area is 154 Å². The molecule has 1 heterocycles. The van der Waals surface area contributed by atoms with E-state index < -0.39 is 5.54 Å². The van der Waals surface area contributed by atoms with Gasteiger partial charge in [0.05, 0.1) is 12.0 Å².